The fourth-order valence-electron chi connectivity index (χ4n) is 2.80. The highest BCUT2D eigenvalue weighted by Crippen LogP contribution is 2.21. The van der Waals surface area contributed by atoms with Crippen LogP contribution in [0.25, 0.3) is 0 Å². The van der Waals surface area contributed by atoms with Gasteiger partial charge in [-0.05, 0) is 61.2 Å². The van der Waals surface area contributed by atoms with E-state index in [1.807, 2.05) is 25.1 Å². The Kier molecular flexibility index (Phi) is 5.76. The number of nitrogens with zero attached hydrogens (tertiary/aromatic N) is 2. The van der Waals surface area contributed by atoms with Crippen molar-refractivity contribution in [3.8, 4) is 5.75 Å². The van der Waals surface area contributed by atoms with Crippen molar-refractivity contribution < 1.29 is 9.53 Å². The average Bonchev–Trinajstić information content (AvgIpc) is 3.16. The Bertz CT molecular complexity index is 745. The van der Waals surface area contributed by atoms with E-state index < -0.39 is 0 Å². The van der Waals surface area contributed by atoms with Gasteiger partial charge in [-0.3, -0.25) is 4.79 Å². The molecule has 132 valence electrons. The first-order chi connectivity index (χ1) is 12.1. The molecule has 3 rings (SSSR count). The minimum Gasteiger partial charge on any atom is -0.484 e. The molecule has 1 aliphatic heterocycles. The molecule has 25 heavy (non-hydrogen) atoms. The van der Waals surface area contributed by atoms with Gasteiger partial charge in [-0.15, -0.1) is 0 Å². The maximum absolute atomic E-state index is 12.0. The Hall–Kier alpha value is -2.27. The van der Waals surface area contributed by atoms with E-state index >= 15 is 0 Å². The predicted molar refractivity (Wildman–Crippen MR) is 99.2 cm³/mol. The van der Waals surface area contributed by atoms with Crippen molar-refractivity contribution in [3.63, 3.8) is 0 Å². The molecule has 0 atom stereocenters. The summed E-state index contributed by atoms with van der Waals surface area (Å²) in [5.74, 6) is 1.46. The second-order valence-corrected chi connectivity index (χ2v) is 6.60. The van der Waals surface area contributed by atoms with Crippen LogP contribution in [-0.2, 0) is 11.3 Å². The van der Waals surface area contributed by atoms with Crippen molar-refractivity contribution >= 4 is 23.3 Å². The molecule has 0 unspecified atom stereocenters. The lowest BCUT2D eigenvalue weighted by Crippen LogP contribution is -2.28. The summed E-state index contributed by atoms with van der Waals surface area (Å²) in [5, 5.41) is 3.56. The molecular weight excluding hydrogens is 338 g/mol. The highest BCUT2D eigenvalue weighted by Gasteiger charge is 2.13. The monoisotopic (exact) mass is 359 g/mol. The smallest absolute Gasteiger partial charge is 0.258 e. The third-order valence-corrected chi connectivity index (χ3v) is 4.65. The van der Waals surface area contributed by atoms with Gasteiger partial charge in [0.25, 0.3) is 5.91 Å². The number of carbonyl (C=O) groups excluding carboxylic acids is 1. The quantitative estimate of drug-likeness (QED) is 0.859. The summed E-state index contributed by atoms with van der Waals surface area (Å²) < 4.78 is 5.51. The van der Waals surface area contributed by atoms with Crippen LogP contribution in [-0.4, -0.2) is 30.6 Å². The van der Waals surface area contributed by atoms with E-state index in [0.29, 0.717) is 17.3 Å². The topological polar surface area (TPSA) is 54.5 Å². The SMILES string of the molecule is Cc1cc(OCC(=O)NCc2ccnc(N3CCCC3)c2)ccc1Cl. The standard InChI is InChI=1S/C19H22ClN3O2/c1-14-10-16(4-5-17(14)20)25-13-19(24)22-12-15-6-7-21-18(11-15)23-8-2-3-9-23/h4-7,10-11H,2-3,8-9,12-13H2,1H3,(H,22,24). The molecule has 2 aromatic rings. The van der Waals surface area contributed by atoms with Crippen LogP contribution in [0.5, 0.6) is 5.75 Å². The summed E-state index contributed by atoms with van der Waals surface area (Å²) in [4.78, 5) is 18.7. The van der Waals surface area contributed by atoms with Crippen LogP contribution >= 0.6 is 11.6 Å². The number of nitrogens with one attached hydrogen (secondary N) is 1. The molecular formula is C19H22ClN3O2. The van der Waals surface area contributed by atoms with Crippen LogP contribution < -0.4 is 15.0 Å². The van der Waals surface area contributed by atoms with Crippen molar-refractivity contribution in [2.45, 2.75) is 26.3 Å². The maximum Gasteiger partial charge on any atom is 0.258 e. The zero-order chi connectivity index (χ0) is 17.6. The highest BCUT2D eigenvalue weighted by molar-refractivity contribution is 6.31. The molecule has 0 saturated carbocycles. The molecule has 6 heteroatoms. The number of benzene rings is 1. The first-order valence-electron chi connectivity index (χ1n) is 8.47. The van der Waals surface area contributed by atoms with Crippen molar-refractivity contribution in [1.82, 2.24) is 10.3 Å². The van der Waals surface area contributed by atoms with Gasteiger partial charge in [-0.1, -0.05) is 11.6 Å². The highest BCUT2D eigenvalue weighted by atomic mass is 35.5. The lowest BCUT2D eigenvalue weighted by Gasteiger charge is -2.17. The van der Waals surface area contributed by atoms with Gasteiger partial charge in [0.15, 0.2) is 6.61 Å². The van der Waals surface area contributed by atoms with Gasteiger partial charge in [0, 0.05) is 30.9 Å². The largest absolute Gasteiger partial charge is 0.484 e. The van der Waals surface area contributed by atoms with Gasteiger partial charge in [0.2, 0.25) is 0 Å². The molecule has 0 radical (unpaired) electrons. The normalized spacial score (nSPS) is 13.8. The molecule has 1 amide bonds. The van der Waals surface area contributed by atoms with Gasteiger partial charge in [0.1, 0.15) is 11.6 Å². The van der Waals surface area contributed by atoms with Gasteiger partial charge >= 0.3 is 0 Å². The zero-order valence-corrected chi connectivity index (χ0v) is 15.1. The molecule has 0 aliphatic carbocycles. The van der Waals surface area contributed by atoms with Crippen LogP contribution in [0.3, 0.4) is 0 Å². The Morgan fingerprint density at radius 2 is 2.08 bits per heavy atom. The number of hydrogen-bond acceptors (Lipinski definition) is 4. The summed E-state index contributed by atoms with van der Waals surface area (Å²) in [7, 11) is 0. The Morgan fingerprint density at radius 1 is 1.28 bits per heavy atom. The first-order valence-corrected chi connectivity index (χ1v) is 8.85. The van der Waals surface area contributed by atoms with Crippen molar-refractivity contribution in [2.24, 2.45) is 0 Å². The Labute approximate surface area is 153 Å². The fourth-order valence-corrected chi connectivity index (χ4v) is 2.91. The van der Waals surface area contributed by atoms with E-state index in [-0.39, 0.29) is 12.5 Å². The predicted octanol–water partition coefficient (Wildman–Crippen LogP) is 3.34. The van der Waals surface area contributed by atoms with E-state index in [0.717, 1.165) is 30.0 Å². The van der Waals surface area contributed by atoms with Crippen molar-refractivity contribution in [3.05, 3.63) is 52.7 Å². The minimum absolute atomic E-state index is 0.0227. The van der Waals surface area contributed by atoms with E-state index in [2.05, 4.69) is 15.2 Å². The molecule has 2 heterocycles. The minimum atomic E-state index is -0.160. The van der Waals surface area contributed by atoms with E-state index in [1.54, 1.807) is 18.3 Å². The summed E-state index contributed by atoms with van der Waals surface area (Å²) in [6, 6.07) is 9.30. The fraction of sp³-hybridized carbons (Fsp3) is 0.368. The van der Waals surface area contributed by atoms with Gasteiger partial charge in [-0.25, -0.2) is 4.98 Å². The zero-order valence-electron chi connectivity index (χ0n) is 14.3. The lowest BCUT2D eigenvalue weighted by molar-refractivity contribution is -0.123. The van der Waals surface area contributed by atoms with E-state index in [1.165, 1.54) is 12.8 Å². The molecule has 0 bridgehead atoms. The Morgan fingerprint density at radius 3 is 2.84 bits per heavy atom. The van der Waals surface area contributed by atoms with Crippen LogP contribution in [0.4, 0.5) is 5.82 Å². The molecule has 0 spiro atoms. The summed E-state index contributed by atoms with van der Waals surface area (Å²) in [6.45, 7) is 4.45. The number of hydrogen-bond donors (Lipinski definition) is 1. The van der Waals surface area contributed by atoms with Gasteiger partial charge in [0.05, 0.1) is 0 Å². The number of carbonyl (C=O) groups is 1. The summed E-state index contributed by atoms with van der Waals surface area (Å²) in [6.07, 6.45) is 4.22. The number of halogens is 1. The molecule has 1 aromatic carbocycles. The van der Waals surface area contributed by atoms with E-state index in [4.69, 9.17) is 16.3 Å². The molecule has 1 aliphatic rings. The number of ether oxygens (including phenoxy) is 1. The van der Waals surface area contributed by atoms with Crippen molar-refractivity contribution in [2.75, 3.05) is 24.6 Å². The molecule has 1 aromatic heterocycles. The number of aryl methyl sites for hydroxylation is 1. The van der Waals surface area contributed by atoms with E-state index in [9.17, 15) is 4.79 Å². The maximum atomic E-state index is 12.0. The first kappa shape index (κ1) is 17.5. The van der Waals surface area contributed by atoms with Gasteiger partial charge < -0.3 is 15.0 Å². The second-order valence-electron chi connectivity index (χ2n) is 6.19. The average molecular weight is 360 g/mol. The van der Waals surface area contributed by atoms with Gasteiger partial charge in [-0.2, -0.15) is 0 Å². The summed E-state index contributed by atoms with van der Waals surface area (Å²) in [5.41, 5.74) is 1.96. The molecule has 1 fully saturated rings. The van der Waals surface area contributed by atoms with Crippen LogP contribution in [0, 0.1) is 6.92 Å². The Balaban J connectivity index is 1.48. The number of pyridine rings is 1. The second kappa shape index (κ2) is 8.21. The lowest BCUT2D eigenvalue weighted by atomic mass is 10.2. The molecule has 1 saturated heterocycles. The van der Waals surface area contributed by atoms with Crippen LogP contribution in [0.15, 0.2) is 36.5 Å². The molecule has 1 N–H and O–H groups in total. The van der Waals surface area contributed by atoms with Crippen LogP contribution in [0.2, 0.25) is 5.02 Å². The van der Waals surface area contributed by atoms with Crippen LogP contribution in [0.1, 0.15) is 24.0 Å². The number of aromatic nitrogens is 1. The third-order valence-electron chi connectivity index (χ3n) is 4.23. The molecule has 5 nitrogen and oxygen atoms in total. The van der Waals surface area contributed by atoms with Crippen molar-refractivity contribution in [1.29, 1.82) is 0 Å². The summed E-state index contributed by atoms with van der Waals surface area (Å²) >= 11 is 5.98. The third kappa shape index (κ3) is 4.86. The number of anilines is 1. The number of amides is 1. The number of rotatable bonds is 6.